The predicted molar refractivity (Wildman–Crippen MR) is 96.3 cm³/mol. The molecule has 7 heteroatoms. The quantitative estimate of drug-likeness (QED) is 0.636. The maximum atomic E-state index is 13.1. The molecule has 26 heavy (non-hydrogen) atoms. The highest BCUT2D eigenvalue weighted by molar-refractivity contribution is 5.89. The lowest BCUT2D eigenvalue weighted by molar-refractivity contribution is 0.141. The number of methoxy groups -OCH3 is 1. The minimum Gasteiger partial charge on any atom is -0.497 e. The van der Waals surface area contributed by atoms with Gasteiger partial charge in [-0.05, 0) is 36.4 Å². The van der Waals surface area contributed by atoms with Gasteiger partial charge in [0.25, 0.3) is 6.43 Å². The van der Waals surface area contributed by atoms with Gasteiger partial charge in [0.05, 0.1) is 19.2 Å². The summed E-state index contributed by atoms with van der Waals surface area (Å²) in [6.07, 6.45) is -2.72. The summed E-state index contributed by atoms with van der Waals surface area (Å²) in [5, 5.41) is 0.726. The van der Waals surface area contributed by atoms with Crippen LogP contribution in [0.4, 0.5) is 14.6 Å². The minimum absolute atomic E-state index is 0.380. The van der Waals surface area contributed by atoms with Crippen LogP contribution in [0.15, 0.2) is 48.5 Å². The highest BCUT2D eigenvalue weighted by Gasteiger charge is 2.17. The second kappa shape index (κ2) is 7.95. The van der Waals surface area contributed by atoms with Crippen molar-refractivity contribution in [3.8, 4) is 11.5 Å². The summed E-state index contributed by atoms with van der Waals surface area (Å²) in [6, 6.07) is 14.4. The molecule has 0 amide bonds. The van der Waals surface area contributed by atoms with Gasteiger partial charge in [0.1, 0.15) is 23.9 Å². The molecule has 5 nitrogen and oxygen atoms in total. The van der Waals surface area contributed by atoms with Crippen molar-refractivity contribution in [2.24, 2.45) is 0 Å². The van der Waals surface area contributed by atoms with Gasteiger partial charge in [-0.25, -0.2) is 18.7 Å². The lowest BCUT2D eigenvalue weighted by atomic mass is 10.2. The smallest absolute Gasteiger partial charge is 0.297 e. The Hall–Kier alpha value is -2.96. The van der Waals surface area contributed by atoms with Crippen LogP contribution >= 0.6 is 0 Å². The molecule has 0 bridgehead atoms. The number of likely N-dealkylation sites (N-methyl/N-ethyl adjacent to an activating group) is 1. The first-order chi connectivity index (χ1) is 12.6. The zero-order chi connectivity index (χ0) is 18.5. The molecule has 1 heterocycles. The summed E-state index contributed by atoms with van der Waals surface area (Å²) in [5.74, 6) is 1.45. The first-order valence-corrected chi connectivity index (χ1v) is 8.11. The van der Waals surface area contributed by atoms with Gasteiger partial charge in [-0.1, -0.05) is 12.1 Å². The van der Waals surface area contributed by atoms with E-state index in [-0.39, 0.29) is 0 Å². The summed E-state index contributed by atoms with van der Waals surface area (Å²) in [4.78, 5) is 9.76. The summed E-state index contributed by atoms with van der Waals surface area (Å²) < 4.78 is 37.0. The van der Waals surface area contributed by atoms with Crippen LogP contribution in [-0.2, 0) is 0 Å². The second-order valence-corrected chi connectivity index (χ2v) is 5.67. The highest BCUT2D eigenvalue weighted by atomic mass is 19.3. The Labute approximate surface area is 150 Å². The van der Waals surface area contributed by atoms with E-state index in [1.807, 2.05) is 36.4 Å². The van der Waals surface area contributed by atoms with Crippen molar-refractivity contribution in [2.45, 2.75) is 6.43 Å². The Morgan fingerprint density at radius 2 is 1.69 bits per heavy atom. The molecule has 2 aromatic carbocycles. The number of fused-ring (bicyclic) bond motifs is 1. The van der Waals surface area contributed by atoms with Crippen molar-refractivity contribution in [1.29, 1.82) is 0 Å². The van der Waals surface area contributed by atoms with E-state index in [0.717, 1.165) is 11.1 Å². The fraction of sp³-hybridized carbons (Fsp3) is 0.263. The number of alkyl halides is 2. The van der Waals surface area contributed by atoms with E-state index in [4.69, 9.17) is 9.47 Å². The van der Waals surface area contributed by atoms with Crippen molar-refractivity contribution in [2.75, 3.05) is 32.2 Å². The summed E-state index contributed by atoms with van der Waals surface area (Å²) in [6.45, 7) is 0.862. The molecule has 0 N–H and O–H groups in total. The van der Waals surface area contributed by atoms with Gasteiger partial charge in [-0.2, -0.15) is 0 Å². The number of benzene rings is 2. The van der Waals surface area contributed by atoms with Crippen LogP contribution < -0.4 is 14.4 Å². The van der Waals surface area contributed by atoms with Gasteiger partial charge in [-0.15, -0.1) is 0 Å². The fourth-order valence-electron chi connectivity index (χ4n) is 2.54. The van der Waals surface area contributed by atoms with E-state index in [1.54, 1.807) is 31.2 Å². The maximum Gasteiger partial charge on any atom is 0.297 e. The SMILES string of the molecule is COc1ccc(OCCN(C)c2nc(C(F)F)nc3ccccc23)cc1. The van der Waals surface area contributed by atoms with E-state index in [9.17, 15) is 8.78 Å². The van der Waals surface area contributed by atoms with Crippen LogP contribution in [0.5, 0.6) is 11.5 Å². The number of para-hydroxylation sites is 1. The molecular weight excluding hydrogens is 340 g/mol. The molecule has 0 aliphatic carbocycles. The van der Waals surface area contributed by atoms with E-state index in [0.29, 0.717) is 30.2 Å². The van der Waals surface area contributed by atoms with Crippen molar-refractivity contribution in [3.05, 3.63) is 54.4 Å². The lowest BCUT2D eigenvalue weighted by Gasteiger charge is -2.20. The molecule has 0 saturated carbocycles. The molecule has 3 rings (SSSR count). The van der Waals surface area contributed by atoms with Gasteiger partial charge in [0.15, 0.2) is 5.82 Å². The van der Waals surface area contributed by atoms with Gasteiger partial charge in [-0.3, -0.25) is 0 Å². The molecule has 0 unspecified atom stereocenters. The molecule has 0 aliphatic rings. The highest BCUT2D eigenvalue weighted by Crippen LogP contribution is 2.26. The van der Waals surface area contributed by atoms with Crippen LogP contribution in [0, 0.1) is 0 Å². The number of hydrogen-bond acceptors (Lipinski definition) is 5. The number of aromatic nitrogens is 2. The fourth-order valence-corrected chi connectivity index (χ4v) is 2.54. The zero-order valence-corrected chi connectivity index (χ0v) is 14.5. The molecule has 0 saturated heterocycles. The summed E-state index contributed by atoms with van der Waals surface area (Å²) in [5.41, 5.74) is 0.496. The molecule has 0 fully saturated rings. The van der Waals surface area contributed by atoms with Gasteiger partial charge in [0.2, 0.25) is 0 Å². The van der Waals surface area contributed by atoms with Crippen LogP contribution in [0.3, 0.4) is 0 Å². The topological polar surface area (TPSA) is 47.5 Å². The van der Waals surface area contributed by atoms with Crippen molar-refractivity contribution < 1.29 is 18.3 Å². The number of ether oxygens (including phenoxy) is 2. The third kappa shape index (κ3) is 3.99. The van der Waals surface area contributed by atoms with Crippen molar-refractivity contribution in [3.63, 3.8) is 0 Å². The number of rotatable bonds is 7. The number of hydrogen-bond donors (Lipinski definition) is 0. The van der Waals surface area contributed by atoms with E-state index >= 15 is 0 Å². The minimum atomic E-state index is -2.72. The zero-order valence-electron chi connectivity index (χ0n) is 14.5. The number of halogens is 2. The van der Waals surface area contributed by atoms with Crippen molar-refractivity contribution >= 4 is 16.7 Å². The summed E-state index contributed by atoms with van der Waals surface area (Å²) in [7, 11) is 3.39. The molecule has 3 aromatic rings. The molecule has 0 atom stereocenters. The number of anilines is 1. The van der Waals surface area contributed by atoms with Crippen LogP contribution in [0.25, 0.3) is 10.9 Å². The Morgan fingerprint density at radius 3 is 2.38 bits per heavy atom. The molecule has 136 valence electrons. The van der Waals surface area contributed by atoms with E-state index in [2.05, 4.69) is 9.97 Å². The second-order valence-electron chi connectivity index (χ2n) is 5.67. The Morgan fingerprint density at radius 1 is 1.00 bits per heavy atom. The molecule has 0 spiro atoms. The molecule has 0 radical (unpaired) electrons. The van der Waals surface area contributed by atoms with Gasteiger partial charge < -0.3 is 14.4 Å². The number of nitrogens with zero attached hydrogens (tertiary/aromatic N) is 3. The molecular formula is C19H19F2N3O2. The van der Waals surface area contributed by atoms with Gasteiger partial charge in [0, 0.05) is 12.4 Å². The third-order valence-corrected chi connectivity index (χ3v) is 3.91. The largest absolute Gasteiger partial charge is 0.497 e. The lowest BCUT2D eigenvalue weighted by Crippen LogP contribution is -2.25. The van der Waals surface area contributed by atoms with E-state index < -0.39 is 12.2 Å². The van der Waals surface area contributed by atoms with Crippen LogP contribution in [0.1, 0.15) is 12.2 Å². The monoisotopic (exact) mass is 359 g/mol. The first-order valence-electron chi connectivity index (χ1n) is 8.11. The predicted octanol–water partition coefficient (Wildman–Crippen LogP) is 4.09. The molecule has 1 aromatic heterocycles. The standard InChI is InChI=1S/C19H19F2N3O2/c1-24(11-12-26-14-9-7-13(25-2)8-10-14)19-15-5-3-4-6-16(15)22-18(23-19)17(20)21/h3-10,17H,11-12H2,1-2H3. The summed E-state index contributed by atoms with van der Waals surface area (Å²) >= 11 is 0. The average molecular weight is 359 g/mol. The molecule has 0 aliphatic heterocycles. The Balaban J connectivity index is 1.73. The van der Waals surface area contributed by atoms with Gasteiger partial charge >= 0.3 is 0 Å². The van der Waals surface area contributed by atoms with Crippen LogP contribution in [-0.4, -0.2) is 37.3 Å². The third-order valence-electron chi connectivity index (χ3n) is 3.91. The first kappa shape index (κ1) is 17.8. The Bertz CT molecular complexity index is 872. The van der Waals surface area contributed by atoms with Crippen LogP contribution in [0.2, 0.25) is 0 Å². The van der Waals surface area contributed by atoms with Crippen molar-refractivity contribution in [1.82, 2.24) is 9.97 Å². The normalized spacial score (nSPS) is 11.0. The van der Waals surface area contributed by atoms with E-state index in [1.165, 1.54) is 0 Å². The average Bonchev–Trinajstić information content (AvgIpc) is 2.67. The maximum absolute atomic E-state index is 13.1. The Kier molecular flexibility index (Phi) is 5.46.